The lowest BCUT2D eigenvalue weighted by Crippen LogP contribution is -2.34. The molecular weight excluding hydrogens is 1860 g/mol. The van der Waals surface area contributed by atoms with Gasteiger partial charge in [-0.15, -0.1) is 30.6 Å². The van der Waals surface area contributed by atoms with E-state index in [-0.39, 0.29) is 23.9 Å². The van der Waals surface area contributed by atoms with Crippen LogP contribution >= 0.6 is 0 Å². The van der Waals surface area contributed by atoms with Crippen LogP contribution in [0.15, 0.2) is 191 Å². The minimum absolute atomic E-state index is 0.357. The van der Waals surface area contributed by atoms with Gasteiger partial charge in [0.05, 0.1) is 130 Å². The van der Waals surface area contributed by atoms with Gasteiger partial charge in [-0.05, 0) is 329 Å². The number of carbonyl (C=O) groups excluding carboxylic acids is 10. The minimum Gasteiger partial charge on any atom is -0.465 e. The number of amides is 2. The fourth-order valence-corrected chi connectivity index (χ4v) is 21.3. The third kappa shape index (κ3) is 20.5. The summed E-state index contributed by atoms with van der Waals surface area (Å²) in [6.07, 6.45) is 11.9. The first-order valence-electron chi connectivity index (χ1n) is 47.9. The Hall–Kier alpha value is -16.8. The van der Waals surface area contributed by atoms with E-state index in [9.17, 15) is 58.5 Å². The van der Waals surface area contributed by atoms with Gasteiger partial charge in [0.25, 0.3) is 0 Å². The Balaban J connectivity index is 0.000000145. The van der Waals surface area contributed by atoms with Crippen molar-refractivity contribution in [2.45, 2.75) is 171 Å². The number of nitrogens with one attached hydrogen (secondary N) is 1. The highest BCUT2D eigenvalue weighted by atomic mass is 16.5. The van der Waals surface area contributed by atoms with E-state index >= 15 is 0 Å². The Morgan fingerprint density at radius 1 is 0.336 bits per heavy atom. The number of ether oxygens (including phenoxy) is 8. The van der Waals surface area contributed by atoms with Crippen molar-refractivity contribution in [3.63, 3.8) is 0 Å². The van der Waals surface area contributed by atoms with E-state index in [1.54, 1.807) is 86.6 Å². The zero-order valence-corrected chi connectivity index (χ0v) is 83.5. The lowest BCUT2D eigenvalue weighted by Gasteiger charge is -2.33. The first kappa shape index (κ1) is 105. The van der Waals surface area contributed by atoms with Gasteiger partial charge in [0.15, 0.2) is 5.82 Å². The van der Waals surface area contributed by atoms with Crippen LogP contribution in [0.5, 0.6) is 0 Å². The first-order valence-corrected chi connectivity index (χ1v) is 47.9. The molecule has 18 rings (SSSR count). The Labute approximate surface area is 843 Å². The lowest BCUT2D eigenvalue weighted by molar-refractivity contribution is 0.0591. The summed E-state index contributed by atoms with van der Waals surface area (Å²) in [6.45, 7) is 10.1. The van der Waals surface area contributed by atoms with Crippen molar-refractivity contribution in [1.82, 2.24) is 41.0 Å². The van der Waals surface area contributed by atoms with E-state index in [1.807, 2.05) is 109 Å². The molecule has 33 nitrogen and oxygen atoms in total. The summed E-state index contributed by atoms with van der Waals surface area (Å²) in [4.78, 5) is 120. The molecule has 2 amide bonds. The Bertz CT molecular complexity index is 6970. The number of nitriles is 2. The summed E-state index contributed by atoms with van der Waals surface area (Å²) >= 11 is 0. The third-order valence-electron chi connectivity index (χ3n) is 27.9. The molecule has 5 aliphatic carbocycles. The van der Waals surface area contributed by atoms with E-state index < -0.39 is 63.3 Å². The maximum atomic E-state index is 12.2. The van der Waals surface area contributed by atoms with Crippen molar-refractivity contribution in [1.29, 1.82) is 10.5 Å². The van der Waals surface area contributed by atoms with Crippen molar-refractivity contribution in [2.75, 3.05) is 63.4 Å². The normalized spacial score (nSPS) is 14.0. The molecule has 7 N–H and O–H groups in total. The molecule has 0 unspecified atom stereocenters. The smallest absolute Gasteiger partial charge is 0.337 e. The molecule has 13 aromatic rings. The van der Waals surface area contributed by atoms with E-state index in [0.717, 1.165) is 143 Å². The first-order chi connectivity index (χ1) is 70.4. The number of esters is 8. The number of benzene rings is 10. The summed E-state index contributed by atoms with van der Waals surface area (Å²) in [5.41, 5.74) is 38.3. The predicted octanol–water partition coefficient (Wildman–Crippen LogP) is 15.5. The minimum atomic E-state index is -0.820. The average Bonchev–Trinajstić information content (AvgIpc) is 1.51. The van der Waals surface area contributed by atoms with Crippen LogP contribution in [0.4, 0.5) is 0 Å². The Kier molecular flexibility index (Phi) is 32.8. The van der Waals surface area contributed by atoms with Crippen LogP contribution < -0.4 is 17.2 Å². The topological polar surface area (TPSA) is 502 Å². The van der Waals surface area contributed by atoms with Crippen LogP contribution in [0, 0.1) is 36.5 Å². The molecule has 0 fully saturated rings. The number of aromatic nitrogens is 8. The highest BCUT2D eigenvalue weighted by Crippen LogP contribution is 2.52. The fourth-order valence-electron chi connectivity index (χ4n) is 21.3. The molecule has 146 heavy (non-hydrogen) atoms. The molecule has 0 radical (unpaired) electrons. The van der Waals surface area contributed by atoms with E-state index in [2.05, 4.69) is 73.9 Å². The zero-order chi connectivity index (χ0) is 105. The summed E-state index contributed by atoms with van der Waals surface area (Å²) in [5, 5.41) is 52.2. The second-order valence-corrected chi connectivity index (χ2v) is 36.0. The molecule has 0 aliphatic heterocycles. The fraction of sp³-hybridized carbons (Fsp3) is 0.319. The van der Waals surface area contributed by atoms with Gasteiger partial charge in [0, 0.05) is 25.0 Å². The van der Waals surface area contributed by atoms with E-state index in [0.29, 0.717) is 169 Å². The number of carbonyl (C=O) groups is 10. The molecule has 10 aromatic carbocycles. The van der Waals surface area contributed by atoms with Crippen molar-refractivity contribution < 1.29 is 94.7 Å². The maximum Gasteiger partial charge on any atom is 0.337 e. The van der Waals surface area contributed by atoms with Crippen molar-refractivity contribution >= 4 is 59.6 Å². The summed E-state index contributed by atoms with van der Waals surface area (Å²) in [6, 6.07) is 59.7. The summed E-state index contributed by atoms with van der Waals surface area (Å²) < 4.78 is 50.9. The van der Waals surface area contributed by atoms with Crippen molar-refractivity contribution in [3.05, 3.63) is 378 Å². The van der Waals surface area contributed by atoms with Crippen molar-refractivity contribution in [3.8, 4) is 12.1 Å². The number of hydrogen-bond acceptors (Lipinski definition) is 30. The van der Waals surface area contributed by atoms with Crippen molar-refractivity contribution in [2.24, 2.45) is 17.2 Å². The standard InChI is InChI=1S/C25H26N2O5.C23H24N4O4.C23H23NO4.C22H23N5O3.C20H17NO4/c1-5-12-25(24-27-26-15(2)32-24)20-10-8-18(22(28)30-3)13-16(20)6-7-17-14-19(23(29)31-4)9-11-21(17)25;1-4-11-23(22-24-26-27-25-22)18-9-7-16(20(28)30-2)12-14(18)5-6-15-13-17(21(29)31-3)8-10-19(15)23;1-4-11-23(14-24)19-9-7-17(21(25)27-2)12-15(19)5-6-16-13-18(22(26)28-3)8-10-20(16)23;1-12-26-27-21(30-12)22(8-9-23)17-6-4-15(19(24)28)10-13(17)2-3-14-11-16(20(25)29)5-7-18(14)22;1-24-19(22)14-5-7-16-12(9-14)3-4-13-10-15(20(23)25-2)6-8-17(13)18(16)11-21/h8-11,13-14H,5-7,12H2,1-4H3;7-10,12-13H,4-6,11H2,1-3H3,(H,24,25,26,27);7-10,12-13H,4-6,11H2,1-3H3;4-7,10-11H,2-3,8-9,23H2,1H3,(H2,24,28)(H2,25,29);5-10,18H,3-4H2,1-2H3. The number of aryl methyl sites for hydroxylation is 12. The largest absolute Gasteiger partial charge is 0.465 e. The van der Waals surface area contributed by atoms with Crippen LogP contribution in [-0.2, 0) is 124 Å². The number of nitrogens with zero attached hydrogens (tertiary/aromatic N) is 9. The van der Waals surface area contributed by atoms with Crippen LogP contribution in [0.1, 0.15) is 316 Å². The Morgan fingerprint density at radius 2 is 0.582 bits per heavy atom. The molecule has 3 heterocycles. The number of rotatable bonds is 21. The number of aromatic amines is 1. The van der Waals surface area contributed by atoms with Gasteiger partial charge in [0.2, 0.25) is 35.4 Å². The molecule has 0 bridgehead atoms. The number of nitrogens with two attached hydrogens (primary N) is 3. The van der Waals surface area contributed by atoms with Gasteiger partial charge in [0.1, 0.15) is 10.8 Å². The maximum absolute atomic E-state index is 12.2. The molecule has 0 saturated carbocycles. The van der Waals surface area contributed by atoms with Gasteiger partial charge in [-0.1, -0.05) is 106 Å². The molecule has 750 valence electrons. The van der Waals surface area contributed by atoms with Gasteiger partial charge < -0.3 is 63.9 Å². The van der Waals surface area contributed by atoms with E-state index in [1.165, 1.54) is 56.9 Å². The average molecular weight is 1970 g/mol. The van der Waals surface area contributed by atoms with Crippen LogP contribution in [0.2, 0.25) is 0 Å². The zero-order valence-electron chi connectivity index (χ0n) is 83.5. The third-order valence-corrected chi connectivity index (χ3v) is 27.9. The molecule has 5 aliphatic rings. The molecule has 33 heteroatoms. The second kappa shape index (κ2) is 45.6. The number of H-pyrrole nitrogens is 1. The van der Waals surface area contributed by atoms with Gasteiger partial charge in [-0.25, -0.2) is 38.4 Å². The van der Waals surface area contributed by atoms with Gasteiger partial charge >= 0.3 is 47.8 Å². The van der Waals surface area contributed by atoms with E-state index in [4.69, 9.17) is 63.9 Å². The van der Waals surface area contributed by atoms with Gasteiger partial charge in [-0.2, -0.15) is 15.7 Å². The second-order valence-electron chi connectivity index (χ2n) is 36.0. The Morgan fingerprint density at radius 3 is 0.829 bits per heavy atom. The number of fused-ring (bicyclic) bond motifs is 10. The summed E-state index contributed by atoms with van der Waals surface area (Å²) in [7, 11) is 10.9. The SMILES string of the molecule is CCCC1(C#N)c2ccc(C(=O)OC)cc2CCc2cc(C(=O)OC)ccc21.CCCC1(c2nn[nH]n2)c2ccc(C(=O)OC)cc2CCc2cc(C(=O)OC)ccc21.CCCC1(c2nnc(C)o2)c2ccc(C(=O)OC)cc2CCc2cc(C(=O)OC)ccc21.COC(=O)c1ccc2c(c1)CCc1cc(C(=O)OC)ccc1C2C#N.Cc1nnc(C2(CCN)c3ccc(C(N)=O)cc3CCc3cc(C(N)=O)ccc32)o1. The van der Waals surface area contributed by atoms with Crippen LogP contribution in [-0.4, -0.2) is 164 Å². The van der Waals surface area contributed by atoms with Gasteiger partial charge in [-0.3, -0.25) is 9.59 Å². The lowest BCUT2D eigenvalue weighted by atomic mass is 9.68. The number of hydrogen-bond donors (Lipinski definition) is 4. The molecule has 0 spiro atoms. The molecule has 3 aromatic heterocycles. The highest BCUT2D eigenvalue weighted by molar-refractivity contribution is 5.97. The highest BCUT2D eigenvalue weighted by Gasteiger charge is 2.49. The number of primary amides is 2. The predicted molar refractivity (Wildman–Crippen MR) is 533 cm³/mol. The molecule has 0 atom stereocenters. The molecule has 0 saturated heterocycles. The van der Waals surface area contributed by atoms with Crippen LogP contribution in [0.25, 0.3) is 0 Å². The molecular formula is C113H113N13O20. The summed E-state index contributed by atoms with van der Waals surface area (Å²) in [5.74, 6) is -2.08. The monoisotopic (exact) mass is 1970 g/mol. The van der Waals surface area contributed by atoms with Crippen LogP contribution in [0.3, 0.4) is 0 Å². The quantitative estimate of drug-likeness (QED) is 0.0383. The number of tetrazole rings is 1. The number of methoxy groups -OCH3 is 8.